The predicted molar refractivity (Wildman–Crippen MR) is 118 cm³/mol. The van der Waals surface area contributed by atoms with Gasteiger partial charge in [-0.2, -0.15) is 0 Å². The summed E-state index contributed by atoms with van der Waals surface area (Å²) in [6, 6.07) is 0. The Hall–Kier alpha value is -2.35. The first-order valence-electron chi connectivity index (χ1n) is 11.0. The minimum atomic E-state index is -0.774. The van der Waals surface area contributed by atoms with Crippen LogP contribution in [0.15, 0.2) is 0 Å². The molecule has 1 aromatic heterocycles. The number of carbonyl (C=O) groups excluding carboxylic acids is 4. The largest absolute Gasteiger partial charge is 0.465 e. The first-order chi connectivity index (χ1) is 14.9. The summed E-state index contributed by atoms with van der Waals surface area (Å²) in [5.41, 5.74) is -0.348. The molecule has 1 aliphatic heterocycles. The topological polar surface area (TPSA) is 104 Å². The van der Waals surface area contributed by atoms with Crippen molar-refractivity contribution in [2.24, 2.45) is 5.92 Å². The second-order valence-electron chi connectivity index (χ2n) is 9.88. The Balaban J connectivity index is 1.70. The number of methoxy groups -OCH3 is 1. The Kier molecular flexibility index (Phi) is 6.75. The SMILES string of the molecule is COC(=O)c1c(Cl)c(C(=O)C(=O)NC2(C)CCC(C(=O)OC(C)(C)C)CC2)n2c1CCC2. The highest BCUT2D eigenvalue weighted by atomic mass is 35.5. The third-order valence-electron chi connectivity index (χ3n) is 6.16. The van der Waals surface area contributed by atoms with Gasteiger partial charge in [0, 0.05) is 17.8 Å². The molecule has 2 aliphatic rings. The Morgan fingerprint density at radius 3 is 2.34 bits per heavy atom. The van der Waals surface area contributed by atoms with E-state index >= 15 is 0 Å². The summed E-state index contributed by atoms with van der Waals surface area (Å²) in [5, 5.41) is 2.81. The summed E-state index contributed by atoms with van der Waals surface area (Å²) >= 11 is 6.37. The maximum absolute atomic E-state index is 13.1. The van der Waals surface area contributed by atoms with Gasteiger partial charge >= 0.3 is 11.9 Å². The highest BCUT2D eigenvalue weighted by molar-refractivity contribution is 6.47. The number of carbonyl (C=O) groups is 4. The molecule has 0 radical (unpaired) electrons. The molecule has 0 aromatic carbocycles. The van der Waals surface area contributed by atoms with Crippen LogP contribution < -0.4 is 5.32 Å². The lowest BCUT2D eigenvalue weighted by atomic mass is 9.77. The molecule has 176 valence electrons. The molecule has 2 heterocycles. The zero-order chi connectivity index (χ0) is 23.8. The number of halogens is 1. The highest BCUT2D eigenvalue weighted by Crippen LogP contribution is 2.35. The van der Waals surface area contributed by atoms with E-state index in [9.17, 15) is 19.2 Å². The van der Waals surface area contributed by atoms with Crippen LogP contribution in [0, 0.1) is 5.92 Å². The predicted octanol–water partition coefficient (Wildman–Crippen LogP) is 3.46. The van der Waals surface area contributed by atoms with Crippen LogP contribution in [0.3, 0.4) is 0 Å². The zero-order valence-corrected chi connectivity index (χ0v) is 20.1. The lowest BCUT2D eigenvalue weighted by Crippen LogP contribution is -2.51. The average molecular weight is 467 g/mol. The molecule has 1 N–H and O–H groups in total. The van der Waals surface area contributed by atoms with Crippen molar-refractivity contribution >= 4 is 35.2 Å². The lowest BCUT2D eigenvalue weighted by molar-refractivity contribution is -0.161. The molecule has 0 unspecified atom stereocenters. The van der Waals surface area contributed by atoms with E-state index in [1.165, 1.54) is 7.11 Å². The number of ether oxygens (including phenoxy) is 2. The van der Waals surface area contributed by atoms with Gasteiger partial charge in [-0.25, -0.2) is 4.79 Å². The Morgan fingerprint density at radius 1 is 1.16 bits per heavy atom. The van der Waals surface area contributed by atoms with E-state index in [0.29, 0.717) is 44.3 Å². The second-order valence-corrected chi connectivity index (χ2v) is 10.3. The smallest absolute Gasteiger partial charge is 0.341 e. The molecule has 0 atom stereocenters. The number of Topliss-reactive ketones (excluding diaryl/α,β-unsaturated/α-hetero) is 1. The van der Waals surface area contributed by atoms with E-state index in [1.54, 1.807) is 4.57 Å². The second kappa shape index (κ2) is 8.89. The molecule has 1 amide bonds. The maximum atomic E-state index is 13.1. The van der Waals surface area contributed by atoms with Crippen molar-refractivity contribution in [1.82, 2.24) is 9.88 Å². The third-order valence-corrected chi connectivity index (χ3v) is 6.53. The third kappa shape index (κ3) is 4.85. The first kappa shape index (κ1) is 24.3. The monoisotopic (exact) mass is 466 g/mol. The quantitative estimate of drug-likeness (QED) is 0.405. The Labute approximate surface area is 192 Å². The van der Waals surface area contributed by atoms with Crippen LogP contribution >= 0.6 is 11.6 Å². The van der Waals surface area contributed by atoms with Crippen LogP contribution in [0.2, 0.25) is 5.02 Å². The van der Waals surface area contributed by atoms with Crippen molar-refractivity contribution in [3.63, 3.8) is 0 Å². The highest BCUT2D eigenvalue weighted by Gasteiger charge is 2.40. The van der Waals surface area contributed by atoms with Gasteiger partial charge in [0.1, 0.15) is 11.3 Å². The molecule has 1 saturated carbocycles. The van der Waals surface area contributed by atoms with Crippen molar-refractivity contribution in [2.45, 2.75) is 83.9 Å². The van der Waals surface area contributed by atoms with Gasteiger partial charge in [0.15, 0.2) is 0 Å². The van der Waals surface area contributed by atoms with Gasteiger partial charge in [0.2, 0.25) is 0 Å². The molecule has 3 rings (SSSR count). The van der Waals surface area contributed by atoms with E-state index in [0.717, 1.165) is 6.42 Å². The zero-order valence-electron chi connectivity index (χ0n) is 19.3. The van der Waals surface area contributed by atoms with Crippen LogP contribution in [-0.2, 0) is 32.0 Å². The maximum Gasteiger partial charge on any atom is 0.341 e. The number of nitrogens with one attached hydrogen (secondary N) is 1. The molecular weight excluding hydrogens is 436 g/mol. The van der Waals surface area contributed by atoms with E-state index in [2.05, 4.69) is 5.32 Å². The van der Waals surface area contributed by atoms with Crippen molar-refractivity contribution in [3.8, 4) is 0 Å². The Bertz CT molecular complexity index is 951. The summed E-state index contributed by atoms with van der Waals surface area (Å²) in [6.07, 6.45) is 3.55. The van der Waals surface area contributed by atoms with Crippen molar-refractivity contribution in [1.29, 1.82) is 0 Å². The molecule has 0 spiro atoms. The number of rotatable bonds is 5. The number of ketones is 1. The molecule has 32 heavy (non-hydrogen) atoms. The van der Waals surface area contributed by atoms with Crippen LogP contribution in [-0.4, -0.2) is 46.4 Å². The molecule has 1 fully saturated rings. The van der Waals surface area contributed by atoms with Crippen molar-refractivity contribution < 1.29 is 28.7 Å². The summed E-state index contributed by atoms with van der Waals surface area (Å²) in [7, 11) is 1.25. The van der Waals surface area contributed by atoms with Gasteiger partial charge in [-0.1, -0.05) is 11.6 Å². The number of amides is 1. The van der Waals surface area contributed by atoms with Gasteiger partial charge in [-0.3, -0.25) is 14.4 Å². The van der Waals surface area contributed by atoms with Crippen molar-refractivity contribution in [2.75, 3.05) is 7.11 Å². The fourth-order valence-electron chi connectivity index (χ4n) is 4.52. The fraction of sp³-hybridized carbons (Fsp3) is 0.652. The van der Waals surface area contributed by atoms with Gasteiger partial charge in [0.25, 0.3) is 11.7 Å². The minimum Gasteiger partial charge on any atom is -0.465 e. The number of fused-ring (bicyclic) bond motifs is 1. The van der Waals surface area contributed by atoms with Crippen LogP contribution in [0.25, 0.3) is 0 Å². The van der Waals surface area contributed by atoms with E-state index in [4.69, 9.17) is 21.1 Å². The standard InChI is InChI=1S/C23H31ClN2O6/c1-22(2,3)32-20(29)13-8-10-23(4,11-9-13)25-19(28)18(27)17-16(24)15(21(30)31-5)14-7-6-12-26(14)17/h13H,6-12H2,1-5H3,(H,25,28). The molecule has 0 bridgehead atoms. The first-order valence-corrected chi connectivity index (χ1v) is 11.3. The number of esters is 2. The summed E-state index contributed by atoms with van der Waals surface area (Å²) in [6.45, 7) is 7.87. The van der Waals surface area contributed by atoms with Gasteiger partial charge in [0.05, 0.1) is 23.6 Å². The summed E-state index contributed by atoms with van der Waals surface area (Å²) < 4.78 is 11.9. The van der Waals surface area contributed by atoms with Gasteiger partial charge < -0.3 is 19.4 Å². The number of nitrogens with zero attached hydrogens (tertiary/aromatic N) is 1. The summed E-state index contributed by atoms with van der Waals surface area (Å²) in [4.78, 5) is 50.5. The van der Waals surface area contributed by atoms with Crippen molar-refractivity contribution in [3.05, 3.63) is 22.0 Å². The number of aromatic nitrogens is 1. The Morgan fingerprint density at radius 2 is 1.78 bits per heavy atom. The molecule has 1 aromatic rings. The van der Waals surface area contributed by atoms with Crippen LogP contribution in [0.4, 0.5) is 0 Å². The molecule has 9 heteroatoms. The lowest BCUT2D eigenvalue weighted by Gasteiger charge is -2.37. The van der Waals surface area contributed by atoms with E-state index < -0.39 is 28.8 Å². The average Bonchev–Trinajstić information content (AvgIpc) is 3.25. The van der Waals surface area contributed by atoms with Gasteiger partial charge in [-0.15, -0.1) is 0 Å². The number of hydrogen-bond acceptors (Lipinski definition) is 6. The van der Waals surface area contributed by atoms with Crippen LogP contribution in [0.1, 0.15) is 86.3 Å². The van der Waals surface area contributed by atoms with Gasteiger partial charge in [-0.05, 0) is 66.2 Å². The summed E-state index contributed by atoms with van der Waals surface area (Å²) in [5.74, 6) is -2.61. The molecular formula is C23H31ClN2O6. The van der Waals surface area contributed by atoms with E-state index in [1.807, 2.05) is 27.7 Å². The van der Waals surface area contributed by atoms with Crippen LogP contribution in [0.5, 0.6) is 0 Å². The van der Waals surface area contributed by atoms with E-state index in [-0.39, 0.29) is 28.2 Å². The fourth-order valence-corrected chi connectivity index (χ4v) is 4.89. The molecule has 0 saturated heterocycles. The minimum absolute atomic E-state index is 0.0307. The molecule has 1 aliphatic carbocycles. The normalized spacial score (nSPS) is 22.8. The number of hydrogen-bond donors (Lipinski definition) is 1. The molecule has 8 nitrogen and oxygen atoms in total.